The molecule has 1 unspecified atom stereocenters. The van der Waals surface area contributed by atoms with Crippen molar-refractivity contribution in [1.82, 2.24) is 0 Å². The molecule has 5 rings (SSSR count). The molecule has 0 bridgehead atoms. The number of rotatable bonds is 4. The highest BCUT2D eigenvalue weighted by molar-refractivity contribution is 6.29. The number of aliphatic hydroxyl groups is 1. The molecule has 35 heavy (non-hydrogen) atoms. The summed E-state index contributed by atoms with van der Waals surface area (Å²) in [7, 11) is 0. The molecule has 1 heterocycles. The highest BCUT2D eigenvalue weighted by atomic mass is 35.5. The molecule has 0 saturated heterocycles. The van der Waals surface area contributed by atoms with E-state index in [1.165, 1.54) is 24.7 Å². The van der Waals surface area contributed by atoms with Gasteiger partial charge in [-0.3, -0.25) is 9.59 Å². The van der Waals surface area contributed by atoms with E-state index in [0.29, 0.717) is 19.3 Å². The number of Topliss-reactive ketones (excluding diaryl/α,β-unsaturated/α-hetero) is 1. The number of fused-ring (bicyclic) bond motifs is 5. The number of allylic oxidation sites excluding steroid dienone is 4. The van der Waals surface area contributed by atoms with Gasteiger partial charge >= 0.3 is 5.97 Å². The minimum atomic E-state index is -1.51. The molecule has 0 aliphatic heterocycles. The second kappa shape index (κ2) is 8.06. The van der Waals surface area contributed by atoms with Crippen molar-refractivity contribution >= 4 is 40.7 Å². The number of esters is 1. The van der Waals surface area contributed by atoms with Crippen LogP contribution in [0.25, 0.3) is 0 Å². The van der Waals surface area contributed by atoms with E-state index in [-0.39, 0.29) is 47.2 Å². The number of ketones is 2. The maximum absolute atomic E-state index is 13.6. The Labute approximate surface area is 214 Å². The largest absolute Gasteiger partial charge is 0.472 e. The topological polar surface area (TPSA) is 93.8 Å². The first-order valence-electron chi connectivity index (χ1n) is 12.1. The predicted molar refractivity (Wildman–Crippen MR) is 130 cm³/mol. The maximum atomic E-state index is 13.6. The Hall–Kier alpha value is -1.89. The average molecular weight is 521 g/mol. The van der Waals surface area contributed by atoms with Crippen LogP contribution in [0, 0.1) is 28.6 Å². The second-order valence-corrected chi connectivity index (χ2v) is 12.0. The van der Waals surface area contributed by atoms with Gasteiger partial charge < -0.3 is 14.3 Å². The van der Waals surface area contributed by atoms with E-state index in [1.54, 1.807) is 6.08 Å². The summed E-state index contributed by atoms with van der Waals surface area (Å²) in [5.74, 6) is -2.01. The van der Waals surface area contributed by atoms with E-state index in [1.807, 2.05) is 26.8 Å². The molecule has 1 N–H and O–H groups in total. The lowest BCUT2D eigenvalue weighted by Crippen LogP contribution is -2.69. The van der Waals surface area contributed by atoms with Gasteiger partial charge in [-0.2, -0.15) is 0 Å². The molecule has 8 atom stereocenters. The van der Waals surface area contributed by atoms with Crippen molar-refractivity contribution in [3.8, 4) is 0 Å². The monoisotopic (exact) mass is 520 g/mol. The number of furan rings is 1. The Morgan fingerprint density at radius 1 is 1.29 bits per heavy atom. The third-order valence-corrected chi connectivity index (χ3v) is 10.9. The molecule has 0 aromatic carbocycles. The number of alkyl halides is 2. The lowest BCUT2D eigenvalue weighted by atomic mass is 9.45. The van der Waals surface area contributed by atoms with Gasteiger partial charge in [0.2, 0.25) is 0 Å². The summed E-state index contributed by atoms with van der Waals surface area (Å²) in [4.78, 5) is 37.8. The summed E-state index contributed by atoms with van der Waals surface area (Å²) in [6.45, 7) is 5.83. The van der Waals surface area contributed by atoms with Crippen molar-refractivity contribution < 1.29 is 28.6 Å². The third-order valence-electron chi connectivity index (χ3n) is 9.73. The molecule has 188 valence electrons. The predicted octanol–water partition coefficient (Wildman–Crippen LogP) is 4.87. The molecule has 8 heteroatoms. The van der Waals surface area contributed by atoms with Crippen LogP contribution < -0.4 is 0 Å². The molecular weight excluding hydrogens is 491 g/mol. The zero-order chi connectivity index (χ0) is 25.4. The van der Waals surface area contributed by atoms with Crippen LogP contribution >= 0.6 is 23.2 Å². The molecular formula is C27H30Cl2O6. The van der Waals surface area contributed by atoms with Gasteiger partial charge in [-0.1, -0.05) is 32.4 Å². The number of ether oxygens (including phenoxy) is 1. The Morgan fingerprint density at radius 3 is 2.69 bits per heavy atom. The van der Waals surface area contributed by atoms with Crippen LogP contribution in [-0.2, 0) is 14.3 Å². The SMILES string of the molecule is C[C@@H]1C[C@H]2[C@@H]3CCC4=CC(=O)C=C[C@]4(C)[C@@]3(Cl)C(O)C[C@]2(C)[C@@]1(OC(=O)c1ccoc1)C(=O)CCl. The quantitative estimate of drug-likeness (QED) is 0.449. The van der Waals surface area contributed by atoms with Crippen molar-refractivity contribution in [2.45, 2.75) is 63.0 Å². The van der Waals surface area contributed by atoms with Crippen molar-refractivity contribution in [3.63, 3.8) is 0 Å². The molecule has 1 aromatic rings. The van der Waals surface area contributed by atoms with Gasteiger partial charge in [-0.25, -0.2) is 4.79 Å². The van der Waals surface area contributed by atoms with Gasteiger partial charge in [0.25, 0.3) is 0 Å². The van der Waals surface area contributed by atoms with Crippen LogP contribution in [-0.4, -0.2) is 45.1 Å². The third kappa shape index (κ3) is 3.02. The van der Waals surface area contributed by atoms with Crippen LogP contribution in [0.3, 0.4) is 0 Å². The standard InChI is InChI=1S/C27H30Cl2O6/c1-15-10-20-19-5-4-17-11-18(30)6-8-24(17,2)26(19,29)21(31)12-25(20,3)27(15,22(32)13-28)35-23(33)16-7-9-34-14-16/h6-9,11,14-15,19-21,31H,4-5,10,12-13H2,1-3H3/t15-,19+,20+,21?,24+,25+,26+,27+/m1/s1. The van der Waals surface area contributed by atoms with Gasteiger partial charge in [-0.15, -0.1) is 23.2 Å². The normalized spacial score (nSPS) is 44.2. The van der Waals surface area contributed by atoms with Crippen LogP contribution in [0.2, 0.25) is 0 Å². The number of carbonyl (C=O) groups excluding carboxylic acids is 3. The Morgan fingerprint density at radius 2 is 2.03 bits per heavy atom. The van der Waals surface area contributed by atoms with Crippen molar-refractivity contribution in [3.05, 3.63) is 48.0 Å². The van der Waals surface area contributed by atoms with Gasteiger partial charge in [-0.05, 0) is 55.7 Å². The molecule has 1 aromatic heterocycles. The minimum absolute atomic E-state index is 0.0706. The highest BCUT2D eigenvalue weighted by Crippen LogP contribution is 2.72. The fraction of sp³-hybridized carbons (Fsp3) is 0.593. The molecule has 4 aliphatic carbocycles. The van der Waals surface area contributed by atoms with Crippen molar-refractivity contribution in [2.75, 3.05) is 5.88 Å². The Kier molecular flexibility index (Phi) is 5.71. The molecule has 4 aliphatic rings. The fourth-order valence-electron chi connectivity index (χ4n) is 8.08. The highest BCUT2D eigenvalue weighted by Gasteiger charge is 2.76. The summed E-state index contributed by atoms with van der Waals surface area (Å²) in [5.41, 5.74) is -1.95. The van der Waals surface area contributed by atoms with E-state index in [0.717, 1.165) is 5.57 Å². The van der Waals surface area contributed by atoms with Crippen LogP contribution in [0.5, 0.6) is 0 Å². The lowest BCUT2D eigenvalue weighted by Gasteiger charge is -2.64. The van der Waals surface area contributed by atoms with E-state index >= 15 is 0 Å². The maximum Gasteiger partial charge on any atom is 0.342 e. The van der Waals surface area contributed by atoms with E-state index < -0.39 is 33.4 Å². The van der Waals surface area contributed by atoms with Crippen LogP contribution in [0.1, 0.15) is 56.8 Å². The molecule has 0 spiro atoms. The fourth-order valence-corrected chi connectivity index (χ4v) is 8.81. The van der Waals surface area contributed by atoms with Gasteiger partial charge in [0.1, 0.15) is 6.26 Å². The number of hydrogen-bond donors (Lipinski definition) is 1. The average Bonchev–Trinajstić information content (AvgIpc) is 3.42. The zero-order valence-electron chi connectivity index (χ0n) is 20.1. The minimum Gasteiger partial charge on any atom is -0.472 e. The Bertz CT molecular complexity index is 1140. The van der Waals surface area contributed by atoms with Gasteiger partial charge in [0, 0.05) is 16.7 Å². The second-order valence-electron chi connectivity index (χ2n) is 11.1. The van der Waals surface area contributed by atoms with E-state index in [9.17, 15) is 19.5 Å². The van der Waals surface area contributed by atoms with E-state index in [4.69, 9.17) is 32.4 Å². The molecule has 3 fully saturated rings. The zero-order valence-corrected chi connectivity index (χ0v) is 21.6. The van der Waals surface area contributed by atoms with Crippen molar-refractivity contribution in [2.24, 2.45) is 28.6 Å². The number of halogens is 2. The van der Waals surface area contributed by atoms with E-state index in [2.05, 4.69) is 0 Å². The smallest absolute Gasteiger partial charge is 0.342 e. The molecule has 3 saturated carbocycles. The Balaban J connectivity index is 1.61. The molecule has 0 radical (unpaired) electrons. The lowest BCUT2D eigenvalue weighted by molar-refractivity contribution is -0.176. The summed E-state index contributed by atoms with van der Waals surface area (Å²) in [6.07, 6.45) is 8.75. The van der Waals surface area contributed by atoms with Crippen LogP contribution in [0.15, 0.2) is 46.8 Å². The first-order chi connectivity index (χ1) is 16.5. The van der Waals surface area contributed by atoms with Crippen molar-refractivity contribution in [1.29, 1.82) is 0 Å². The summed E-state index contributed by atoms with van der Waals surface area (Å²) >= 11 is 13.6. The molecule has 0 amide bonds. The summed E-state index contributed by atoms with van der Waals surface area (Å²) < 4.78 is 11.2. The molecule has 6 nitrogen and oxygen atoms in total. The van der Waals surface area contributed by atoms with Crippen LogP contribution in [0.4, 0.5) is 0 Å². The number of hydrogen-bond acceptors (Lipinski definition) is 6. The number of aliphatic hydroxyl groups excluding tert-OH is 1. The number of carbonyl (C=O) groups is 3. The first-order valence-corrected chi connectivity index (χ1v) is 13.0. The summed E-state index contributed by atoms with van der Waals surface area (Å²) in [5, 5.41) is 11.8. The first kappa shape index (κ1) is 24.8. The van der Waals surface area contributed by atoms with Gasteiger partial charge in [0.15, 0.2) is 17.2 Å². The summed E-state index contributed by atoms with van der Waals surface area (Å²) in [6, 6.07) is 1.49. The van der Waals surface area contributed by atoms with Gasteiger partial charge in [0.05, 0.1) is 28.7 Å².